The van der Waals surface area contributed by atoms with Crippen molar-refractivity contribution in [2.75, 3.05) is 6.61 Å². The van der Waals surface area contributed by atoms with Crippen LogP contribution in [0.25, 0.3) is 0 Å². The molecule has 5 rings (SSSR count). The van der Waals surface area contributed by atoms with E-state index in [1.165, 1.54) is 12.3 Å². The molecule has 182 valence electrons. The molecule has 0 spiro atoms. The minimum atomic E-state index is -0.771. The van der Waals surface area contributed by atoms with Crippen molar-refractivity contribution in [1.29, 1.82) is 0 Å². The molecule has 1 fully saturated rings. The molecule has 2 aromatic carbocycles. The molecule has 1 amide bonds. The summed E-state index contributed by atoms with van der Waals surface area (Å²) in [7, 11) is 0. The van der Waals surface area contributed by atoms with Crippen molar-refractivity contribution in [1.82, 2.24) is 14.8 Å². The zero-order valence-corrected chi connectivity index (χ0v) is 19.2. The van der Waals surface area contributed by atoms with Crippen LogP contribution in [0, 0.1) is 11.6 Å². The highest BCUT2D eigenvalue weighted by Crippen LogP contribution is 2.30. The van der Waals surface area contributed by atoms with E-state index in [0.717, 1.165) is 17.7 Å². The highest BCUT2D eigenvalue weighted by atomic mass is 19.1. The number of hydrogen-bond acceptors (Lipinski definition) is 5. The highest BCUT2D eigenvalue weighted by molar-refractivity contribution is 5.94. The maximum Gasteiger partial charge on any atom is 0.257 e. The van der Waals surface area contributed by atoms with Crippen LogP contribution < -0.4 is 15.5 Å². The molecule has 1 saturated heterocycles. The third-order valence-electron chi connectivity index (χ3n) is 6.42. The van der Waals surface area contributed by atoms with Gasteiger partial charge in [0.1, 0.15) is 30.0 Å². The minimum Gasteiger partial charge on any atom is -0.483 e. The number of ether oxygens (including phenoxy) is 2. The third kappa shape index (κ3) is 4.69. The second-order valence-corrected chi connectivity index (χ2v) is 8.80. The molecule has 1 aromatic heterocycles. The first kappa shape index (κ1) is 23.2. The Morgan fingerprint density at radius 1 is 1.20 bits per heavy atom. The fraction of sp³-hybridized carbons (Fsp3) is 0.308. The Hall–Kier alpha value is -3.56. The Morgan fingerprint density at radius 2 is 2.00 bits per heavy atom. The molecule has 0 radical (unpaired) electrons. The van der Waals surface area contributed by atoms with Gasteiger partial charge in [-0.3, -0.25) is 14.5 Å². The van der Waals surface area contributed by atoms with Crippen LogP contribution in [0.4, 0.5) is 8.78 Å². The van der Waals surface area contributed by atoms with Gasteiger partial charge in [0.25, 0.3) is 5.91 Å². The maximum atomic E-state index is 14.0. The number of rotatable bonds is 6. The molecule has 3 heterocycles. The Bertz CT molecular complexity index is 1310. The predicted molar refractivity (Wildman–Crippen MR) is 124 cm³/mol. The average Bonchev–Trinajstić information content (AvgIpc) is 3.21. The van der Waals surface area contributed by atoms with Gasteiger partial charge in [0.15, 0.2) is 5.75 Å². The fourth-order valence-corrected chi connectivity index (χ4v) is 4.46. The molecule has 1 N–H and O–H groups in total. The van der Waals surface area contributed by atoms with Gasteiger partial charge in [-0.2, -0.15) is 0 Å². The lowest BCUT2D eigenvalue weighted by Crippen LogP contribution is -2.44. The van der Waals surface area contributed by atoms with Crippen molar-refractivity contribution in [3.63, 3.8) is 0 Å². The van der Waals surface area contributed by atoms with Gasteiger partial charge < -0.3 is 19.4 Å². The Labute approximate surface area is 200 Å². The molecule has 2 aliphatic rings. The molecular weight excluding hydrogens is 456 g/mol. The number of aromatic nitrogens is 1. The number of hydrogen-bond donors (Lipinski definition) is 1. The quantitative estimate of drug-likeness (QED) is 0.586. The standard InChI is InChI=1S/C26H25F2N3O4/c1-16-14-34-23-13-30-11-20(26(33)29-10-18-7-8-19(27)9-21(18)28)24(32)25(22(30)12-31(16)23)35-15-17-5-3-2-4-6-17/h2-9,11,16,23H,10,12-15H2,1H3,(H,29,33). The second-order valence-electron chi connectivity index (χ2n) is 8.80. The Kier molecular flexibility index (Phi) is 6.36. The Balaban J connectivity index is 1.45. The summed E-state index contributed by atoms with van der Waals surface area (Å²) >= 11 is 0. The second kappa shape index (κ2) is 9.59. The molecule has 7 nitrogen and oxygen atoms in total. The van der Waals surface area contributed by atoms with E-state index in [4.69, 9.17) is 9.47 Å². The topological polar surface area (TPSA) is 72.8 Å². The van der Waals surface area contributed by atoms with Crippen LogP contribution in [-0.4, -0.2) is 34.3 Å². The summed E-state index contributed by atoms with van der Waals surface area (Å²) in [6.07, 6.45) is 1.35. The van der Waals surface area contributed by atoms with Gasteiger partial charge in [0.2, 0.25) is 5.43 Å². The van der Waals surface area contributed by atoms with Gasteiger partial charge in [0, 0.05) is 37.0 Å². The number of nitrogens with zero attached hydrogens (tertiary/aromatic N) is 2. The molecule has 0 saturated carbocycles. The van der Waals surface area contributed by atoms with Crippen molar-refractivity contribution in [2.45, 2.75) is 45.4 Å². The molecule has 2 atom stereocenters. The van der Waals surface area contributed by atoms with Crippen LogP contribution in [0.3, 0.4) is 0 Å². The lowest BCUT2D eigenvalue weighted by Gasteiger charge is -2.34. The normalized spacial score (nSPS) is 19.2. The molecule has 35 heavy (non-hydrogen) atoms. The van der Waals surface area contributed by atoms with E-state index >= 15 is 0 Å². The molecule has 0 bridgehead atoms. The van der Waals surface area contributed by atoms with Crippen LogP contribution in [0.1, 0.15) is 34.1 Å². The van der Waals surface area contributed by atoms with Gasteiger partial charge in [-0.05, 0) is 18.6 Å². The van der Waals surface area contributed by atoms with E-state index in [1.807, 2.05) is 34.9 Å². The van der Waals surface area contributed by atoms with E-state index in [-0.39, 0.29) is 42.3 Å². The summed E-state index contributed by atoms with van der Waals surface area (Å²) in [5.41, 5.74) is 1.04. The van der Waals surface area contributed by atoms with Crippen molar-refractivity contribution in [3.05, 3.63) is 99.0 Å². The van der Waals surface area contributed by atoms with Gasteiger partial charge in [-0.25, -0.2) is 8.78 Å². The molecule has 2 unspecified atom stereocenters. The first-order valence-electron chi connectivity index (χ1n) is 11.4. The minimum absolute atomic E-state index is 0.112. The average molecular weight is 481 g/mol. The van der Waals surface area contributed by atoms with Gasteiger partial charge in [0.05, 0.1) is 18.8 Å². The van der Waals surface area contributed by atoms with Crippen molar-refractivity contribution in [2.24, 2.45) is 0 Å². The van der Waals surface area contributed by atoms with Gasteiger partial charge >= 0.3 is 0 Å². The summed E-state index contributed by atoms with van der Waals surface area (Å²) in [6, 6.07) is 12.8. The third-order valence-corrected chi connectivity index (χ3v) is 6.42. The van der Waals surface area contributed by atoms with Crippen LogP contribution >= 0.6 is 0 Å². The zero-order valence-electron chi connectivity index (χ0n) is 19.2. The number of benzene rings is 2. The van der Waals surface area contributed by atoms with E-state index in [2.05, 4.69) is 17.1 Å². The number of carbonyl (C=O) groups is 1. The summed E-state index contributed by atoms with van der Waals surface area (Å²) in [5, 5.41) is 2.57. The molecule has 9 heteroatoms. The number of nitrogens with one attached hydrogen (secondary N) is 1. The van der Waals surface area contributed by atoms with Gasteiger partial charge in [-0.15, -0.1) is 0 Å². The van der Waals surface area contributed by atoms with E-state index in [1.54, 1.807) is 0 Å². The monoisotopic (exact) mass is 481 g/mol. The maximum absolute atomic E-state index is 14.0. The van der Waals surface area contributed by atoms with Crippen LogP contribution in [-0.2, 0) is 31.0 Å². The predicted octanol–water partition coefficient (Wildman–Crippen LogP) is 3.20. The number of fused-ring (bicyclic) bond motifs is 2. The van der Waals surface area contributed by atoms with Gasteiger partial charge in [-0.1, -0.05) is 36.4 Å². The molecule has 3 aromatic rings. The van der Waals surface area contributed by atoms with Crippen LogP contribution in [0.15, 0.2) is 59.5 Å². The molecule has 0 aliphatic carbocycles. The SMILES string of the molecule is CC1COC2Cn3cc(C(=O)NCc4ccc(F)cc4F)c(=O)c(OCc4ccccc4)c3CN12. The smallest absolute Gasteiger partial charge is 0.257 e. The fourth-order valence-electron chi connectivity index (χ4n) is 4.46. The summed E-state index contributed by atoms with van der Waals surface area (Å²) < 4.78 is 40.9. The number of amides is 1. The van der Waals surface area contributed by atoms with E-state index in [9.17, 15) is 18.4 Å². The summed E-state index contributed by atoms with van der Waals surface area (Å²) in [4.78, 5) is 28.6. The first-order chi connectivity index (χ1) is 16.9. The summed E-state index contributed by atoms with van der Waals surface area (Å²) in [6.45, 7) is 3.52. The van der Waals surface area contributed by atoms with Crippen molar-refractivity contribution < 1.29 is 23.0 Å². The highest BCUT2D eigenvalue weighted by Gasteiger charge is 2.38. The largest absolute Gasteiger partial charge is 0.483 e. The molecule has 2 aliphatic heterocycles. The number of pyridine rings is 1. The van der Waals surface area contributed by atoms with Crippen molar-refractivity contribution in [3.8, 4) is 5.75 Å². The van der Waals surface area contributed by atoms with Crippen LogP contribution in [0.5, 0.6) is 5.75 Å². The first-order valence-corrected chi connectivity index (χ1v) is 11.4. The zero-order chi connectivity index (χ0) is 24.5. The molecular formula is C26H25F2N3O4. The van der Waals surface area contributed by atoms with Crippen LogP contribution in [0.2, 0.25) is 0 Å². The van der Waals surface area contributed by atoms with E-state index < -0.39 is 23.0 Å². The lowest BCUT2D eigenvalue weighted by molar-refractivity contribution is -0.00344. The number of carbonyl (C=O) groups excluding carboxylic acids is 1. The number of halogens is 2. The Morgan fingerprint density at radius 3 is 2.77 bits per heavy atom. The van der Waals surface area contributed by atoms with E-state index in [0.29, 0.717) is 25.4 Å². The summed E-state index contributed by atoms with van der Waals surface area (Å²) in [5.74, 6) is -2.02. The van der Waals surface area contributed by atoms with Crippen molar-refractivity contribution >= 4 is 5.91 Å². The lowest BCUT2D eigenvalue weighted by atomic mass is 10.1.